The third-order valence-corrected chi connectivity index (χ3v) is 7.00. The summed E-state index contributed by atoms with van der Waals surface area (Å²) < 4.78 is 60.1. The summed E-state index contributed by atoms with van der Waals surface area (Å²) in [6.45, 7) is 2.22. The van der Waals surface area contributed by atoms with Crippen LogP contribution in [0.15, 0.2) is 11.0 Å². The van der Waals surface area contributed by atoms with E-state index >= 15 is 0 Å². The predicted molar refractivity (Wildman–Crippen MR) is 101 cm³/mol. The largest absolute Gasteiger partial charge is 0.647 e. The zero-order valence-electron chi connectivity index (χ0n) is 15.6. The van der Waals surface area contributed by atoms with Gasteiger partial charge in [0.25, 0.3) is 10.1 Å². The Labute approximate surface area is 160 Å². The summed E-state index contributed by atoms with van der Waals surface area (Å²) in [5, 5.41) is 0. The summed E-state index contributed by atoms with van der Waals surface area (Å²) in [5.74, 6) is 0.0901. The van der Waals surface area contributed by atoms with Crippen LogP contribution in [0.25, 0.3) is 0 Å². The first-order valence-corrected chi connectivity index (χ1v) is 12.6. The number of phosphoric ester groups is 1. The van der Waals surface area contributed by atoms with Crippen molar-refractivity contribution < 1.29 is 31.1 Å². The molecule has 1 aromatic rings. The van der Waals surface area contributed by atoms with Crippen LogP contribution >= 0.6 is 7.82 Å². The number of unbranched alkanes of at least 4 members (excludes halogenated alkanes) is 9. The number of benzene rings is 1. The van der Waals surface area contributed by atoms with Gasteiger partial charge in [-0.05, 0) is 18.9 Å². The van der Waals surface area contributed by atoms with Gasteiger partial charge in [-0.25, -0.2) is 0 Å². The van der Waals surface area contributed by atoms with Crippen molar-refractivity contribution in [1.82, 2.24) is 0 Å². The van der Waals surface area contributed by atoms with E-state index in [1.807, 2.05) is 0 Å². The molecule has 1 aromatic carbocycles. The van der Waals surface area contributed by atoms with Gasteiger partial charge in [0.2, 0.25) is 11.5 Å². The quantitative estimate of drug-likeness (QED) is 0.265. The molecule has 0 fully saturated rings. The Morgan fingerprint density at radius 2 is 1.37 bits per heavy atom. The zero-order valence-corrected chi connectivity index (χ0v) is 17.3. The molecule has 0 saturated heterocycles. The molecule has 1 atom stereocenters. The minimum atomic E-state index is -4.51. The summed E-state index contributed by atoms with van der Waals surface area (Å²) in [6.07, 6.45) is 12.5. The van der Waals surface area contributed by atoms with Crippen LogP contribution in [0.3, 0.4) is 0 Å². The van der Waals surface area contributed by atoms with Gasteiger partial charge in [0.15, 0.2) is 5.75 Å². The van der Waals surface area contributed by atoms with Gasteiger partial charge < -0.3 is 13.6 Å². The molecule has 0 spiro atoms. The standard InChI is InChI=1S/C18H27O7PS/c1-2-3-4-5-6-7-8-9-10-11-12-14-13-15(27(20,21)22)17-18-16(14)23-26(19,24-17)25-18/h13H,2-12H2,1H3,(H,20,21,22). The second kappa shape index (κ2) is 8.41. The highest BCUT2D eigenvalue weighted by atomic mass is 32.2. The highest BCUT2D eigenvalue weighted by Crippen LogP contribution is 2.71. The molecule has 0 aromatic heterocycles. The van der Waals surface area contributed by atoms with E-state index in [0.717, 1.165) is 19.3 Å². The Balaban J connectivity index is 1.51. The maximum absolute atomic E-state index is 12.2. The third kappa shape index (κ3) is 4.79. The minimum absolute atomic E-state index is 0.0236. The normalized spacial score (nSPS) is 19.6. The van der Waals surface area contributed by atoms with Crippen molar-refractivity contribution in [3.63, 3.8) is 0 Å². The highest BCUT2D eigenvalue weighted by molar-refractivity contribution is 7.86. The van der Waals surface area contributed by atoms with Gasteiger partial charge in [-0.2, -0.15) is 13.0 Å². The second-order valence-electron chi connectivity index (χ2n) is 7.15. The highest BCUT2D eigenvalue weighted by Gasteiger charge is 2.53. The molecule has 9 heteroatoms. The van der Waals surface area contributed by atoms with E-state index in [4.69, 9.17) is 13.6 Å². The molecular weight excluding hydrogens is 391 g/mol. The van der Waals surface area contributed by atoms with Crippen molar-refractivity contribution in [3.05, 3.63) is 11.6 Å². The van der Waals surface area contributed by atoms with E-state index in [2.05, 4.69) is 6.92 Å². The molecule has 2 bridgehead atoms. The lowest BCUT2D eigenvalue weighted by atomic mass is 10.0. The van der Waals surface area contributed by atoms with Gasteiger partial charge in [-0.15, -0.1) is 0 Å². The van der Waals surface area contributed by atoms with Crippen LogP contribution < -0.4 is 13.6 Å². The maximum Gasteiger partial charge on any atom is 0.647 e. The fourth-order valence-electron chi connectivity index (χ4n) is 3.49. The summed E-state index contributed by atoms with van der Waals surface area (Å²) in [7, 11) is -8.32. The molecule has 2 heterocycles. The lowest BCUT2D eigenvalue weighted by Gasteiger charge is -2.15. The van der Waals surface area contributed by atoms with E-state index < -0.39 is 22.8 Å². The van der Waals surface area contributed by atoms with Crippen molar-refractivity contribution in [2.24, 2.45) is 0 Å². The van der Waals surface area contributed by atoms with Gasteiger partial charge in [-0.1, -0.05) is 64.7 Å². The Morgan fingerprint density at radius 1 is 0.852 bits per heavy atom. The number of hydrogen-bond donors (Lipinski definition) is 1. The number of fused-ring (bicyclic) bond motifs is 1. The Morgan fingerprint density at radius 3 is 1.93 bits per heavy atom. The third-order valence-electron chi connectivity index (χ3n) is 4.92. The number of aryl methyl sites for hydroxylation is 1. The van der Waals surface area contributed by atoms with Crippen LogP contribution in [-0.4, -0.2) is 13.0 Å². The summed E-state index contributed by atoms with van der Waals surface area (Å²) >= 11 is 0. The molecule has 1 unspecified atom stereocenters. The van der Waals surface area contributed by atoms with Crippen LogP contribution in [0.4, 0.5) is 0 Å². The lowest BCUT2D eigenvalue weighted by Crippen LogP contribution is -2.06. The van der Waals surface area contributed by atoms with Crippen molar-refractivity contribution in [2.45, 2.75) is 82.4 Å². The molecular formula is C18H27O7PS. The fraction of sp³-hybridized carbons (Fsp3) is 0.667. The predicted octanol–water partition coefficient (Wildman–Crippen LogP) is 5.67. The first-order chi connectivity index (χ1) is 12.8. The summed E-state index contributed by atoms with van der Waals surface area (Å²) in [6, 6.07) is 1.33. The molecule has 3 rings (SSSR count). The molecule has 1 N–H and O–H groups in total. The monoisotopic (exact) mass is 418 g/mol. The number of hydrogen-bond acceptors (Lipinski definition) is 6. The number of phosphoric acid groups is 1. The maximum atomic E-state index is 12.2. The van der Waals surface area contributed by atoms with E-state index in [0.29, 0.717) is 12.0 Å². The van der Waals surface area contributed by atoms with Crippen LogP contribution in [0.5, 0.6) is 17.2 Å². The SMILES string of the molecule is CCCCCCCCCCCCc1cc(S(=O)(=O)O)c2c3c1OP(=O)(O2)O3. The first-order valence-electron chi connectivity index (χ1n) is 9.70. The van der Waals surface area contributed by atoms with Crippen LogP contribution in [0.2, 0.25) is 0 Å². The first kappa shape index (κ1) is 20.5. The van der Waals surface area contributed by atoms with Crippen molar-refractivity contribution in [2.75, 3.05) is 0 Å². The van der Waals surface area contributed by atoms with Gasteiger partial charge in [-0.3, -0.25) is 4.55 Å². The van der Waals surface area contributed by atoms with Crippen molar-refractivity contribution >= 4 is 17.9 Å². The Hall–Kier alpha value is -1.24. The van der Waals surface area contributed by atoms with Crippen LogP contribution in [0, 0.1) is 0 Å². The molecule has 0 saturated carbocycles. The number of rotatable bonds is 12. The van der Waals surface area contributed by atoms with Gasteiger partial charge in [0, 0.05) is 5.56 Å². The minimum Gasteiger partial charge on any atom is -0.381 e. The van der Waals surface area contributed by atoms with Gasteiger partial charge in [0.1, 0.15) is 4.90 Å². The van der Waals surface area contributed by atoms with Gasteiger partial charge >= 0.3 is 7.82 Å². The van der Waals surface area contributed by atoms with Crippen molar-refractivity contribution in [3.8, 4) is 17.2 Å². The molecule has 7 nitrogen and oxygen atoms in total. The fourth-order valence-corrected chi connectivity index (χ4v) is 5.54. The lowest BCUT2D eigenvalue weighted by molar-refractivity contribution is 0.349. The van der Waals surface area contributed by atoms with E-state index in [9.17, 15) is 17.5 Å². The Bertz CT molecular complexity index is 835. The average molecular weight is 418 g/mol. The van der Waals surface area contributed by atoms with Crippen molar-refractivity contribution in [1.29, 1.82) is 0 Å². The van der Waals surface area contributed by atoms with E-state index in [-0.39, 0.29) is 17.2 Å². The molecule has 0 aliphatic carbocycles. The Kier molecular flexibility index (Phi) is 6.39. The molecule has 2 aliphatic rings. The smallest absolute Gasteiger partial charge is 0.381 e. The van der Waals surface area contributed by atoms with Crippen LogP contribution in [0.1, 0.15) is 76.7 Å². The molecule has 152 valence electrons. The zero-order chi connectivity index (χ0) is 19.5. The second-order valence-corrected chi connectivity index (χ2v) is 9.98. The van der Waals surface area contributed by atoms with E-state index in [1.165, 1.54) is 51.0 Å². The van der Waals surface area contributed by atoms with Crippen LogP contribution in [-0.2, 0) is 21.1 Å². The summed E-state index contributed by atoms with van der Waals surface area (Å²) in [4.78, 5) is -0.413. The van der Waals surface area contributed by atoms with E-state index in [1.54, 1.807) is 0 Å². The average Bonchev–Trinajstić information content (AvgIpc) is 3.11. The molecule has 0 amide bonds. The van der Waals surface area contributed by atoms with Gasteiger partial charge in [0.05, 0.1) is 0 Å². The summed E-state index contributed by atoms with van der Waals surface area (Å²) in [5.41, 5.74) is 0.571. The molecule has 27 heavy (non-hydrogen) atoms. The topological polar surface area (TPSA) is 99.1 Å². The molecule has 2 aliphatic heterocycles. The molecule has 0 radical (unpaired) electrons.